The summed E-state index contributed by atoms with van der Waals surface area (Å²) in [6, 6.07) is 0.211. The lowest BCUT2D eigenvalue weighted by Gasteiger charge is -2.18. The molecule has 3 N–H and O–H groups in total. The van der Waals surface area contributed by atoms with Crippen molar-refractivity contribution in [3.8, 4) is 0 Å². The van der Waals surface area contributed by atoms with Gasteiger partial charge in [-0.05, 0) is 19.8 Å². The number of nitrogens with one attached hydrogen (secondary N) is 1. The fourth-order valence-electron chi connectivity index (χ4n) is 1.63. The van der Waals surface area contributed by atoms with Crippen molar-refractivity contribution in [2.45, 2.75) is 58.9 Å². The molecule has 94 valence electrons. The molecule has 0 aromatic carbocycles. The molecule has 0 aliphatic rings. The van der Waals surface area contributed by atoms with Crippen molar-refractivity contribution in [3.05, 3.63) is 0 Å². The predicted octanol–water partition coefficient (Wildman–Crippen LogP) is 2.38. The summed E-state index contributed by atoms with van der Waals surface area (Å²) in [7, 11) is 0. The van der Waals surface area contributed by atoms with E-state index < -0.39 is 0 Å². The summed E-state index contributed by atoms with van der Waals surface area (Å²) < 4.78 is 0. The Morgan fingerprint density at radius 3 is 2.44 bits per heavy atom. The third-order valence-corrected chi connectivity index (χ3v) is 2.98. The van der Waals surface area contributed by atoms with Crippen LogP contribution in [0.2, 0.25) is 0 Å². The van der Waals surface area contributed by atoms with Gasteiger partial charge in [-0.15, -0.1) is 0 Å². The maximum absolute atomic E-state index is 11.8. The van der Waals surface area contributed by atoms with E-state index in [0.29, 0.717) is 11.4 Å². The van der Waals surface area contributed by atoms with Gasteiger partial charge in [-0.2, -0.15) is 0 Å². The molecule has 0 fully saturated rings. The van der Waals surface area contributed by atoms with Crippen LogP contribution in [0.15, 0.2) is 0 Å². The largest absolute Gasteiger partial charge is 0.393 e. The minimum absolute atomic E-state index is 0.0287. The van der Waals surface area contributed by atoms with Crippen molar-refractivity contribution in [2.75, 3.05) is 0 Å². The quantitative estimate of drug-likeness (QED) is 0.509. The van der Waals surface area contributed by atoms with Gasteiger partial charge in [0.1, 0.15) is 0 Å². The van der Waals surface area contributed by atoms with E-state index in [1.165, 1.54) is 12.8 Å². The second-order valence-corrected chi connectivity index (χ2v) is 4.74. The zero-order valence-corrected chi connectivity index (χ0v) is 11.4. The lowest BCUT2D eigenvalue weighted by atomic mass is 10.0. The van der Waals surface area contributed by atoms with E-state index >= 15 is 0 Å². The number of carbonyl (C=O) groups is 1. The van der Waals surface area contributed by atoms with Crippen LogP contribution in [-0.4, -0.2) is 16.9 Å². The molecule has 0 aliphatic carbocycles. The van der Waals surface area contributed by atoms with Crippen molar-refractivity contribution in [2.24, 2.45) is 11.7 Å². The maximum atomic E-state index is 11.8. The topological polar surface area (TPSA) is 55.1 Å². The second kappa shape index (κ2) is 8.50. The van der Waals surface area contributed by atoms with Gasteiger partial charge >= 0.3 is 0 Å². The number of rotatable bonds is 8. The van der Waals surface area contributed by atoms with E-state index in [1.54, 1.807) is 0 Å². The molecule has 0 bridgehead atoms. The normalized spacial score (nSPS) is 14.2. The summed E-state index contributed by atoms with van der Waals surface area (Å²) in [6.45, 7) is 6.12. The van der Waals surface area contributed by atoms with Gasteiger partial charge in [-0.3, -0.25) is 4.79 Å². The highest BCUT2D eigenvalue weighted by molar-refractivity contribution is 7.80. The van der Waals surface area contributed by atoms with E-state index in [2.05, 4.69) is 12.2 Å². The summed E-state index contributed by atoms with van der Waals surface area (Å²) in [4.78, 5) is 12.1. The predicted molar refractivity (Wildman–Crippen MR) is 72.3 cm³/mol. The molecule has 16 heavy (non-hydrogen) atoms. The van der Waals surface area contributed by atoms with Crippen LogP contribution in [0, 0.1) is 5.92 Å². The van der Waals surface area contributed by atoms with Crippen LogP contribution in [0.4, 0.5) is 0 Å². The molecule has 0 saturated heterocycles. The van der Waals surface area contributed by atoms with Crippen LogP contribution in [-0.2, 0) is 4.79 Å². The van der Waals surface area contributed by atoms with Crippen molar-refractivity contribution in [3.63, 3.8) is 0 Å². The fraction of sp³-hybridized carbons (Fsp3) is 0.833. The van der Waals surface area contributed by atoms with E-state index in [0.717, 1.165) is 12.8 Å². The average molecular weight is 244 g/mol. The highest BCUT2D eigenvalue weighted by atomic mass is 32.1. The number of amides is 1. The zero-order chi connectivity index (χ0) is 12.6. The van der Waals surface area contributed by atoms with Crippen LogP contribution >= 0.6 is 12.2 Å². The number of unbranched alkanes of at least 4 members (excludes halogenated alkanes) is 2. The smallest absolute Gasteiger partial charge is 0.230 e. The van der Waals surface area contributed by atoms with Gasteiger partial charge in [-0.1, -0.05) is 45.3 Å². The van der Waals surface area contributed by atoms with Crippen LogP contribution in [0.5, 0.6) is 0 Å². The van der Waals surface area contributed by atoms with Gasteiger partial charge in [0, 0.05) is 6.04 Å². The van der Waals surface area contributed by atoms with Gasteiger partial charge in [-0.25, -0.2) is 0 Å². The molecular formula is C12H24N2OS. The second-order valence-electron chi connectivity index (χ2n) is 4.27. The average Bonchev–Trinajstić information content (AvgIpc) is 2.18. The molecule has 0 aromatic rings. The van der Waals surface area contributed by atoms with Crippen LogP contribution in [0.3, 0.4) is 0 Å². The maximum Gasteiger partial charge on any atom is 0.230 e. The Labute approximate surface area is 104 Å². The Bertz CT molecular complexity index is 231. The van der Waals surface area contributed by atoms with Gasteiger partial charge < -0.3 is 11.1 Å². The lowest BCUT2D eigenvalue weighted by molar-refractivity contribution is -0.123. The van der Waals surface area contributed by atoms with Crippen LogP contribution in [0.1, 0.15) is 52.9 Å². The summed E-state index contributed by atoms with van der Waals surface area (Å²) in [5, 5.41) is 2.96. The summed E-state index contributed by atoms with van der Waals surface area (Å²) in [6.07, 6.45) is 5.26. The van der Waals surface area contributed by atoms with E-state index in [-0.39, 0.29) is 17.9 Å². The summed E-state index contributed by atoms with van der Waals surface area (Å²) >= 11 is 4.87. The summed E-state index contributed by atoms with van der Waals surface area (Å²) in [5.74, 6) is -0.345. The number of thiocarbonyl (C=S) groups is 1. The molecule has 0 rings (SSSR count). The van der Waals surface area contributed by atoms with Gasteiger partial charge in [0.05, 0.1) is 10.9 Å². The highest BCUT2D eigenvalue weighted by Crippen LogP contribution is 2.07. The molecule has 2 unspecified atom stereocenters. The number of carbonyl (C=O) groups excluding carboxylic acids is 1. The number of hydrogen-bond donors (Lipinski definition) is 2. The molecule has 0 aliphatic heterocycles. The van der Waals surface area contributed by atoms with Crippen molar-refractivity contribution >= 4 is 23.1 Å². The first-order valence-electron chi connectivity index (χ1n) is 6.12. The summed E-state index contributed by atoms with van der Waals surface area (Å²) in [5.41, 5.74) is 5.52. The van der Waals surface area contributed by atoms with Gasteiger partial charge in [0.25, 0.3) is 0 Å². The standard InChI is InChI=1S/C12H24N2OS/c1-4-6-7-8-9(3)14-12(15)10(5-2)11(13)16/h9-10H,4-8H2,1-3H3,(H2,13,16)(H,14,15). The Hall–Kier alpha value is -0.640. The number of nitrogens with two attached hydrogens (primary N) is 1. The van der Waals surface area contributed by atoms with E-state index in [1.807, 2.05) is 13.8 Å². The van der Waals surface area contributed by atoms with Crippen molar-refractivity contribution in [1.82, 2.24) is 5.32 Å². The third kappa shape index (κ3) is 6.05. The first-order valence-corrected chi connectivity index (χ1v) is 6.53. The first kappa shape index (κ1) is 15.4. The molecular weight excluding hydrogens is 220 g/mol. The SMILES string of the molecule is CCCCCC(C)NC(=O)C(CC)C(N)=S. The van der Waals surface area contributed by atoms with Crippen LogP contribution in [0.25, 0.3) is 0 Å². The fourth-order valence-corrected chi connectivity index (χ4v) is 1.91. The highest BCUT2D eigenvalue weighted by Gasteiger charge is 2.20. The Kier molecular flexibility index (Phi) is 8.16. The van der Waals surface area contributed by atoms with Gasteiger partial charge in [0.15, 0.2) is 0 Å². The molecule has 0 saturated carbocycles. The Balaban J connectivity index is 3.97. The molecule has 0 spiro atoms. The van der Waals surface area contributed by atoms with E-state index in [9.17, 15) is 4.79 Å². The van der Waals surface area contributed by atoms with Crippen molar-refractivity contribution in [1.29, 1.82) is 0 Å². The third-order valence-electron chi connectivity index (χ3n) is 2.70. The lowest BCUT2D eigenvalue weighted by Crippen LogP contribution is -2.41. The molecule has 3 nitrogen and oxygen atoms in total. The Morgan fingerprint density at radius 1 is 1.38 bits per heavy atom. The minimum atomic E-state index is -0.316. The molecule has 2 atom stereocenters. The van der Waals surface area contributed by atoms with E-state index in [4.69, 9.17) is 18.0 Å². The van der Waals surface area contributed by atoms with Crippen molar-refractivity contribution < 1.29 is 4.79 Å². The Morgan fingerprint density at radius 2 is 2.00 bits per heavy atom. The first-order chi connectivity index (χ1) is 7.52. The molecule has 0 aromatic heterocycles. The van der Waals surface area contributed by atoms with Gasteiger partial charge in [0.2, 0.25) is 5.91 Å². The zero-order valence-electron chi connectivity index (χ0n) is 10.6. The molecule has 4 heteroatoms. The molecule has 0 heterocycles. The monoisotopic (exact) mass is 244 g/mol. The minimum Gasteiger partial charge on any atom is -0.393 e. The molecule has 0 radical (unpaired) electrons. The molecule has 1 amide bonds. The number of hydrogen-bond acceptors (Lipinski definition) is 2. The van der Waals surface area contributed by atoms with Crippen LogP contribution < -0.4 is 11.1 Å².